The van der Waals surface area contributed by atoms with E-state index in [1.165, 1.54) is 11.6 Å². The minimum Gasteiger partial charge on any atom is -0.364 e. The Morgan fingerprint density at radius 3 is 2.64 bits per heavy atom. The lowest BCUT2D eigenvalue weighted by Gasteiger charge is -2.35. The van der Waals surface area contributed by atoms with Crippen molar-refractivity contribution in [3.8, 4) is 0 Å². The molecule has 4 heteroatoms. The van der Waals surface area contributed by atoms with Crippen molar-refractivity contribution in [1.29, 1.82) is 0 Å². The Morgan fingerprint density at radius 2 is 1.89 bits per heavy atom. The first-order valence-electron chi connectivity index (χ1n) is 10.3. The molecule has 0 bridgehead atoms. The van der Waals surface area contributed by atoms with Crippen LogP contribution >= 0.6 is 0 Å². The maximum absolute atomic E-state index is 13.8. The lowest BCUT2D eigenvalue weighted by Crippen LogP contribution is -2.49. The molecular formula is C24H29FN2O. The summed E-state index contributed by atoms with van der Waals surface area (Å²) in [7, 11) is 0. The van der Waals surface area contributed by atoms with E-state index in [0.29, 0.717) is 6.42 Å². The van der Waals surface area contributed by atoms with Crippen LogP contribution in [-0.2, 0) is 11.2 Å². The average Bonchev–Trinajstić information content (AvgIpc) is 3.20. The Morgan fingerprint density at radius 1 is 1.11 bits per heavy atom. The molecule has 1 atom stereocenters. The number of likely N-dealkylation sites (tertiary alicyclic amines) is 1. The van der Waals surface area contributed by atoms with E-state index in [2.05, 4.69) is 35.8 Å². The first kappa shape index (κ1) is 19.0. The largest absolute Gasteiger partial charge is 0.364 e. The van der Waals surface area contributed by atoms with Gasteiger partial charge in [-0.1, -0.05) is 36.4 Å². The monoisotopic (exact) mass is 380 g/mol. The molecular weight excluding hydrogens is 351 g/mol. The van der Waals surface area contributed by atoms with Crippen molar-refractivity contribution in [3.63, 3.8) is 0 Å². The van der Waals surface area contributed by atoms with Gasteiger partial charge in [-0.2, -0.15) is 0 Å². The zero-order chi connectivity index (χ0) is 19.8. The van der Waals surface area contributed by atoms with Crippen LogP contribution in [0.15, 0.2) is 54.6 Å². The van der Waals surface area contributed by atoms with Crippen LogP contribution in [0.2, 0.25) is 0 Å². The second kappa shape index (κ2) is 7.23. The molecule has 2 saturated heterocycles. The summed E-state index contributed by atoms with van der Waals surface area (Å²) < 4.78 is 13.8. The summed E-state index contributed by atoms with van der Waals surface area (Å²) in [6.45, 7) is 6.02. The minimum atomic E-state index is -0.212. The van der Waals surface area contributed by atoms with Gasteiger partial charge in [-0.15, -0.1) is 0 Å². The predicted octanol–water partition coefficient (Wildman–Crippen LogP) is 4.81. The molecule has 4 rings (SSSR count). The maximum atomic E-state index is 13.8. The van der Waals surface area contributed by atoms with Crippen molar-refractivity contribution >= 4 is 11.6 Å². The molecule has 0 aliphatic carbocycles. The van der Waals surface area contributed by atoms with Gasteiger partial charge in [0.15, 0.2) is 0 Å². The molecule has 2 heterocycles. The Hall–Kier alpha value is -2.36. The number of amides is 1. The standard InChI is InChI=1S/C24H29FN2O/c1-23(2)17-24(18-27(23)21-11-6-10-20(25)16-21)14-7-15-26(24)22(28)13-12-19-8-4-3-5-9-19/h3-6,8-11,16H,7,12-15,17-18H2,1-2H3. The molecule has 2 fully saturated rings. The summed E-state index contributed by atoms with van der Waals surface area (Å²) in [4.78, 5) is 17.6. The molecule has 2 aliphatic heterocycles. The fraction of sp³-hybridized carbons (Fsp3) is 0.458. The van der Waals surface area contributed by atoms with Crippen LogP contribution in [0.3, 0.4) is 0 Å². The van der Waals surface area contributed by atoms with E-state index in [9.17, 15) is 9.18 Å². The molecule has 28 heavy (non-hydrogen) atoms. The molecule has 0 saturated carbocycles. The summed E-state index contributed by atoms with van der Waals surface area (Å²) in [5.74, 6) is 0.0368. The number of nitrogens with zero attached hydrogens (tertiary/aromatic N) is 2. The minimum absolute atomic E-state index is 0.115. The van der Waals surface area contributed by atoms with Gasteiger partial charge in [0, 0.05) is 30.7 Å². The molecule has 2 aromatic carbocycles. The van der Waals surface area contributed by atoms with Crippen LogP contribution in [0, 0.1) is 5.82 Å². The van der Waals surface area contributed by atoms with Crippen LogP contribution < -0.4 is 4.90 Å². The van der Waals surface area contributed by atoms with Gasteiger partial charge in [-0.25, -0.2) is 4.39 Å². The van der Waals surface area contributed by atoms with Gasteiger partial charge >= 0.3 is 0 Å². The van der Waals surface area contributed by atoms with Crippen LogP contribution in [0.25, 0.3) is 0 Å². The van der Waals surface area contributed by atoms with Gasteiger partial charge in [0.25, 0.3) is 0 Å². The van der Waals surface area contributed by atoms with Crippen molar-refractivity contribution < 1.29 is 9.18 Å². The highest BCUT2D eigenvalue weighted by Crippen LogP contribution is 2.47. The van der Waals surface area contributed by atoms with Crippen LogP contribution in [0.5, 0.6) is 0 Å². The van der Waals surface area contributed by atoms with Crippen molar-refractivity contribution in [2.45, 2.75) is 57.0 Å². The van der Waals surface area contributed by atoms with Gasteiger partial charge in [0.1, 0.15) is 5.82 Å². The van der Waals surface area contributed by atoms with Gasteiger partial charge in [-0.3, -0.25) is 4.79 Å². The van der Waals surface area contributed by atoms with Gasteiger partial charge in [0.05, 0.1) is 5.54 Å². The van der Waals surface area contributed by atoms with E-state index in [-0.39, 0.29) is 22.8 Å². The molecule has 2 aliphatic rings. The summed E-state index contributed by atoms with van der Waals surface area (Å²) in [5, 5.41) is 0. The summed E-state index contributed by atoms with van der Waals surface area (Å²) in [6, 6.07) is 17.0. The van der Waals surface area contributed by atoms with E-state index < -0.39 is 0 Å². The number of benzene rings is 2. The number of anilines is 1. The molecule has 0 N–H and O–H groups in total. The van der Waals surface area contributed by atoms with E-state index in [1.807, 2.05) is 24.3 Å². The highest BCUT2D eigenvalue weighted by atomic mass is 19.1. The third-order valence-corrected chi connectivity index (χ3v) is 6.43. The average molecular weight is 381 g/mol. The van der Waals surface area contributed by atoms with Crippen LogP contribution in [0.4, 0.5) is 10.1 Å². The van der Waals surface area contributed by atoms with E-state index in [1.54, 1.807) is 12.1 Å². The van der Waals surface area contributed by atoms with Crippen molar-refractivity contribution in [2.75, 3.05) is 18.0 Å². The number of rotatable bonds is 4. The number of hydrogen-bond donors (Lipinski definition) is 0. The number of carbonyl (C=O) groups is 1. The Balaban J connectivity index is 1.52. The predicted molar refractivity (Wildman–Crippen MR) is 111 cm³/mol. The molecule has 1 spiro atoms. The number of carbonyl (C=O) groups excluding carboxylic acids is 1. The van der Waals surface area contributed by atoms with Crippen molar-refractivity contribution in [3.05, 3.63) is 66.0 Å². The zero-order valence-electron chi connectivity index (χ0n) is 16.8. The van der Waals surface area contributed by atoms with E-state index in [4.69, 9.17) is 0 Å². The van der Waals surface area contributed by atoms with Gasteiger partial charge in [0.2, 0.25) is 5.91 Å². The van der Waals surface area contributed by atoms with E-state index >= 15 is 0 Å². The first-order chi connectivity index (χ1) is 13.4. The van der Waals surface area contributed by atoms with Crippen LogP contribution in [0.1, 0.15) is 45.1 Å². The third-order valence-electron chi connectivity index (χ3n) is 6.43. The Kier molecular flexibility index (Phi) is 4.90. The Labute approximate surface area is 167 Å². The number of hydrogen-bond acceptors (Lipinski definition) is 2. The maximum Gasteiger partial charge on any atom is 0.223 e. The SMILES string of the molecule is CC1(C)CC2(CCCN2C(=O)CCc2ccccc2)CN1c1cccc(F)c1. The molecule has 1 unspecified atom stereocenters. The lowest BCUT2D eigenvalue weighted by molar-refractivity contribution is -0.134. The molecule has 0 aromatic heterocycles. The lowest BCUT2D eigenvalue weighted by atomic mass is 9.87. The molecule has 148 valence electrons. The summed E-state index contributed by atoms with van der Waals surface area (Å²) in [5.41, 5.74) is 1.86. The van der Waals surface area contributed by atoms with Crippen molar-refractivity contribution in [1.82, 2.24) is 4.90 Å². The topological polar surface area (TPSA) is 23.6 Å². The van der Waals surface area contributed by atoms with Gasteiger partial charge < -0.3 is 9.80 Å². The summed E-state index contributed by atoms with van der Waals surface area (Å²) >= 11 is 0. The molecule has 1 amide bonds. The van der Waals surface area contributed by atoms with Crippen molar-refractivity contribution in [2.24, 2.45) is 0 Å². The second-order valence-electron chi connectivity index (χ2n) is 8.91. The number of aryl methyl sites for hydroxylation is 1. The highest BCUT2D eigenvalue weighted by molar-refractivity contribution is 5.78. The fourth-order valence-corrected chi connectivity index (χ4v) is 5.26. The fourth-order valence-electron chi connectivity index (χ4n) is 5.26. The Bertz CT molecular complexity index is 851. The normalized spacial score (nSPS) is 23.5. The summed E-state index contributed by atoms with van der Waals surface area (Å²) in [6.07, 6.45) is 4.33. The second-order valence-corrected chi connectivity index (χ2v) is 8.91. The van der Waals surface area contributed by atoms with E-state index in [0.717, 1.165) is 44.5 Å². The third kappa shape index (κ3) is 3.52. The molecule has 0 radical (unpaired) electrons. The van der Waals surface area contributed by atoms with Crippen LogP contribution in [-0.4, -0.2) is 35.0 Å². The molecule has 3 nitrogen and oxygen atoms in total. The smallest absolute Gasteiger partial charge is 0.223 e. The molecule has 2 aromatic rings. The van der Waals surface area contributed by atoms with Gasteiger partial charge in [-0.05, 0) is 63.3 Å². The number of halogens is 1. The highest BCUT2D eigenvalue weighted by Gasteiger charge is 2.54. The first-order valence-corrected chi connectivity index (χ1v) is 10.3. The quantitative estimate of drug-likeness (QED) is 0.760. The zero-order valence-corrected chi connectivity index (χ0v) is 16.8.